The molecule has 0 aromatic heterocycles. The van der Waals surface area contributed by atoms with E-state index in [0.29, 0.717) is 19.0 Å². The van der Waals surface area contributed by atoms with Gasteiger partial charge in [-0.2, -0.15) is 0 Å². The van der Waals surface area contributed by atoms with E-state index in [1.54, 1.807) is 7.11 Å². The molecule has 2 N–H and O–H groups in total. The number of rotatable bonds is 3. The summed E-state index contributed by atoms with van der Waals surface area (Å²) in [5.41, 5.74) is 5.57. The van der Waals surface area contributed by atoms with Crippen LogP contribution in [0.2, 0.25) is 0 Å². The quantitative estimate of drug-likeness (QED) is 0.567. The summed E-state index contributed by atoms with van der Waals surface area (Å²) in [6.45, 7) is 8.11. The summed E-state index contributed by atoms with van der Waals surface area (Å²) in [5.74, 6) is 0.672. The molecule has 0 aliphatic carbocycles. The number of ether oxygens (including phenoxy) is 2. The second-order valence-corrected chi connectivity index (χ2v) is 5.14. The van der Waals surface area contributed by atoms with Crippen molar-refractivity contribution in [1.29, 1.82) is 0 Å². The van der Waals surface area contributed by atoms with Crippen LogP contribution in [0.25, 0.3) is 0 Å². The van der Waals surface area contributed by atoms with Gasteiger partial charge in [-0.1, -0.05) is 20.8 Å². The summed E-state index contributed by atoms with van der Waals surface area (Å²) in [5, 5.41) is 0. The van der Waals surface area contributed by atoms with Crippen LogP contribution in [0.15, 0.2) is 4.99 Å². The summed E-state index contributed by atoms with van der Waals surface area (Å²) in [7, 11) is 1.71. The van der Waals surface area contributed by atoms with Gasteiger partial charge < -0.3 is 15.2 Å². The number of nitrogens with two attached hydrogens (primary N) is 1. The Hall–Kier alpha value is -0.610. The van der Waals surface area contributed by atoms with Gasteiger partial charge in [-0.15, -0.1) is 0 Å². The molecule has 1 heterocycles. The van der Waals surface area contributed by atoms with Gasteiger partial charge in [-0.3, -0.25) is 4.99 Å². The predicted octanol–water partition coefficient (Wildman–Crippen LogP) is 1.20. The maximum atomic E-state index is 5.90. The normalized spacial score (nSPS) is 28.4. The highest BCUT2D eigenvalue weighted by Crippen LogP contribution is 2.23. The Morgan fingerprint density at radius 3 is 2.60 bits per heavy atom. The second kappa shape index (κ2) is 4.49. The van der Waals surface area contributed by atoms with E-state index in [9.17, 15) is 0 Å². The Labute approximate surface area is 91.8 Å². The fraction of sp³-hybridized carbons (Fsp3) is 0.909. The molecule has 0 saturated carbocycles. The van der Waals surface area contributed by atoms with Crippen LogP contribution < -0.4 is 5.73 Å². The van der Waals surface area contributed by atoms with Crippen LogP contribution in [0.4, 0.5) is 0 Å². The largest absolute Gasteiger partial charge is 0.387 e. The van der Waals surface area contributed by atoms with E-state index in [2.05, 4.69) is 25.8 Å². The minimum Gasteiger partial charge on any atom is -0.387 e. The van der Waals surface area contributed by atoms with Crippen LogP contribution >= 0.6 is 0 Å². The molecule has 1 aliphatic heterocycles. The molecule has 1 unspecified atom stereocenters. The highest BCUT2D eigenvalue weighted by molar-refractivity contribution is 5.85. The molecule has 1 saturated heterocycles. The Kier molecular flexibility index (Phi) is 3.73. The zero-order valence-electron chi connectivity index (χ0n) is 10.2. The van der Waals surface area contributed by atoms with Gasteiger partial charge in [0.25, 0.3) is 0 Å². The van der Waals surface area contributed by atoms with Gasteiger partial charge in [0.05, 0.1) is 19.0 Å². The molecular weight excluding hydrogens is 192 g/mol. The summed E-state index contributed by atoms with van der Waals surface area (Å²) >= 11 is 0. The molecular formula is C11H22N2O2. The van der Waals surface area contributed by atoms with Crippen molar-refractivity contribution in [2.45, 2.75) is 32.8 Å². The van der Waals surface area contributed by atoms with Crippen LogP contribution in [0.3, 0.4) is 0 Å². The predicted molar refractivity (Wildman–Crippen MR) is 61.1 cm³/mol. The first kappa shape index (κ1) is 12.5. The maximum Gasteiger partial charge on any atom is 0.113 e. The van der Waals surface area contributed by atoms with Crippen molar-refractivity contribution >= 4 is 5.84 Å². The van der Waals surface area contributed by atoms with Crippen molar-refractivity contribution in [3.05, 3.63) is 0 Å². The summed E-state index contributed by atoms with van der Waals surface area (Å²) in [4.78, 5) is 4.41. The first-order chi connectivity index (χ1) is 6.90. The zero-order chi connectivity index (χ0) is 11.5. The standard InChI is InChI=1S/C11H22N2O2/c1-10(2,3)9(12)13-7-11(14-4)5-6-15-8-11/h5-8H2,1-4H3,(H2,12,13). The van der Waals surface area contributed by atoms with Gasteiger partial charge in [0.1, 0.15) is 5.60 Å². The molecule has 1 fully saturated rings. The van der Waals surface area contributed by atoms with Crippen LogP contribution in [-0.4, -0.2) is 38.3 Å². The number of amidine groups is 1. The lowest BCUT2D eigenvalue weighted by molar-refractivity contribution is -0.00911. The molecule has 0 amide bonds. The number of methoxy groups -OCH3 is 1. The zero-order valence-corrected chi connectivity index (χ0v) is 10.2. The molecule has 1 rings (SSSR count). The van der Waals surface area contributed by atoms with Gasteiger partial charge in [-0.25, -0.2) is 0 Å². The minimum atomic E-state index is -0.254. The van der Waals surface area contributed by atoms with Gasteiger partial charge in [-0.05, 0) is 0 Å². The summed E-state index contributed by atoms with van der Waals surface area (Å²) < 4.78 is 10.8. The smallest absolute Gasteiger partial charge is 0.113 e. The third-order valence-electron chi connectivity index (χ3n) is 2.81. The molecule has 0 bridgehead atoms. The first-order valence-electron chi connectivity index (χ1n) is 5.33. The molecule has 0 spiro atoms. The minimum absolute atomic E-state index is 0.0750. The molecule has 1 atom stereocenters. The Bertz CT molecular complexity index is 237. The van der Waals surface area contributed by atoms with Crippen molar-refractivity contribution in [2.24, 2.45) is 16.1 Å². The molecule has 4 nitrogen and oxygen atoms in total. The number of nitrogens with zero attached hydrogens (tertiary/aromatic N) is 1. The molecule has 15 heavy (non-hydrogen) atoms. The lowest BCUT2D eigenvalue weighted by Crippen LogP contribution is -2.38. The van der Waals surface area contributed by atoms with Crippen LogP contribution in [0.5, 0.6) is 0 Å². The third kappa shape index (κ3) is 3.18. The van der Waals surface area contributed by atoms with Crippen molar-refractivity contribution < 1.29 is 9.47 Å². The Morgan fingerprint density at radius 2 is 2.20 bits per heavy atom. The fourth-order valence-electron chi connectivity index (χ4n) is 1.41. The van der Waals surface area contributed by atoms with Crippen molar-refractivity contribution in [3.63, 3.8) is 0 Å². The molecule has 0 radical (unpaired) electrons. The maximum absolute atomic E-state index is 5.90. The highest BCUT2D eigenvalue weighted by atomic mass is 16.5. The van der Waals surface area contributed by atoms with Gasteiger partial charge in [0.15, 0.2) is 0 Å². The van der Waals surface area contributed by atoms with Crippen LogP contribution in [0.1, 0.15) is 27.2 Å². The molecule has 88 valence electrons. The topological polar surface area (TPSA) is 56.8 Å². The van der Waals surface area contributed by atoms with Crippen molar-refractivity contribution in [3.8, 4) is 0 Å². The van der Waals surface area contributed by atoms with Gasteiger partial charge in [0, 0.05) is 25.6 Å². The number of aliphatic imine (C=N–C) groups is 1. The van der Waals surface area contributed by atoms with E-state index in [1.807, 2.05) is 0 Å². The van der Waals surface area contributed by atoms with E-state index in [1.165, 1.54) is 0 Å². The summed E-state index contributed by atoms with van der Waals surface area (Å²) in [6, 6.07) is 0. The van der Waals surface area contributed by atoms with E-state index in [-0.39, 0.29) is 11.0 Å². The van der Waals surface area contributed by atoms with Crippen molar-refractivity contribution in [2.75, 3.05) is 26.9 Å². The second-order valence-electron chi connectivity index (χ2n) is 5.14. The van der Waals surface area contributed by atoms with Crippen molar-refractivity contribution in [1.82, 2.24) is 0 Å². The lowest BCUT2D eigenvalue weighted by atomic mass is 9.95. The van der Waals surface area contributed by atoms with E-state index >= 15 is 0 Å². The Balaban J connectivity index is 2.61. The van der Waals surface area contributed by atoms with Gasteiger partial charge >= 0.3 is 0 Å². The third-order valence-corrected chi connectivity index (χ3v) is 2.81. The molecule has 0 aromatic carbocycles. The van der Waals surface area contributed by atoms with E-state index in [0.717, 1.165) is 13.0 Å². The molecule has 4 heteroatoms. The number of hydrogen-bond acceptors (Lipinski definition) is 3. The average Bonchev–Trinajstić information content (AvgIpc) is 2.62. The van der Waals surface area contributed by atoms with Crippen LogP contribution in [0, 0.1) is 5.41 Å². The fourth-order valence-corrected chi connectivity index (χ4v) is 1.41. The van der Waals surface area contributed by atoms with E-state index in [4.69, 9.17) is 15.2 Å². The lowest BCUT2D eigenvalue weighted by Gasteiger charge is -2.25. The SMILES string of the molecule is COC1(CN=C(N)C(C)(C)C)CCOC1. The van der Waals surface area contributed by atoms with Crippen LogP contribution in [-0.2, 0) is 9.47 Å². The molecule has 1 aliphatic rings. The Morgan fingerprint density at radius 1 is 1.53 bits per heavy atom. The van der Waals surface area contributed by atoms with E-state index < -0.39 is 0 Å². The monoisotopic (exact) mass is 214 g/mol. The molecule has 0 aromatic rings. The average molecular weight is 214 g/mol. The van der Waals surface area contributed by atoms with Gasteiger partial charge in [0.2, 0.25) is 0 Å². The number of hydrogen-bond donors (Lipinski definition) is 1. The highest BCUT2D eigenvalue weighted by Gasteiger charge is 2.35. The first-order valence-corrected chi connectivity index (χ1v) is 5.33. The summed E-state index contributed by atoms with van der Waals surface area (Å²) in [6.07, 6.45) is 0.893.